The summed E-state index contributed by atoms with van der Waals surface area (Å²) in [5, 5.41) is 29.5. The Morgan fingerprint density at radius 2 is 1.31 bits per heavy atom. The van der Waals surface area contributed by atoms with Gasteiger partial charge in [0.1, 0.15) is 77.0 Å². The third-order valence-corrected chi connectivity index (χ3v) is 11.2. The number of fused-ring (bicyclic) bond motifs is 10. The van der Waals surface area contributed by atoms with Crippen molar-refractivity contribution in [2.75, 3.05) is 27.4 Å². The van der Waals surface area contributed by atoms with Gasteiger partial charge in [0.25, 0.3) is 0 Å². The molecule has 12 heteroatoms. The van der Waals surface area contributed by atoms with Crippen LogP contribution in [0.2, 0.25) is 0 Å². The number of carbonyl (C=O) groups is 2. The molecule has 0 bridgehead atoms. The second-order valence-electron chi connectivity index (χ2n) is 15.7. The number of carbonyl (C=O) groups excluding carboxylic acids is 2. The maximum atomic E-state index is 13.5. The molecule has 0 aliphatic carbocycles. The SMILES string of the molecule is COc1cc2c(cc1CO)OC[C@H]1Oc3c(ccc(O)c3CC=C(C)C)C(=O)[C@@H]21.COc1cc2c(cc1CO)OC[C@H]1Oc3c(ccc4c3C=CC(C)(C)O4)C(=O)[C@@H]21. The number of aliphatic hydroxyl groups is 2. The molecular weight excluding hydrogens is 744 g/mol. The predicted molar refractivity (Wildman–Crippen MR) is 213 cm³/mol. The molecule has 5 heterocycles. The number of benzene rings is 4. The molecule has 4 aromatic rings. The van der Waals surface area contributed by atoms with Crippen LogP contribution in [0, 0.1) is 0 Å². The summed E-state index contributed by atoms with van der Waals surface area (Å²) in [6.45, 7) is 8.02. The number of ketones is 2. The predicted octanol–water partition coefficient (Wildman–Crippen LogP) is 7.01. The molecule has 0 aromatic heterocycles. The number of phenols is 1. The molecule has 0 saturated heterocycles. The molecule has 0 radical (unpaired) electrons. The summed E-state index contributed by atoms with van der Waals surface area (Å²) in [7, 11) is 3.06. The Bertz CT molecular complexity index is 2390. The second-order valence-corrected chi connectivity index (χ2v) is 15.7. The first-order chi connectivity index (χ1) is 27.9. The van der Waals surface area contributed by atoms with Crippen molar-refractivity contribution < 1.29 is 58.1 Å². The van der Waals surface area contributed by atoms with Gasteiger partial charge in [-0.25, -0.2) is 0 Å². The van der Waals surface area contributed by atoms with Crippen LogP contribution >= 0.6 is 0 Å². The molecule has 4 atom stereocenters. The van der Waals surface area contributed by atoms with Crippen molar-refractivity contribution in [1.82, 2.24) is 0 Å². The van der Waals surface area contributed by atoms with Gasteiger partial charge in [-0.3, -0.25) is 9.59 Å². The molecule has 0 spiro atoms. The fraction of sp³-hybridized carbons (Fsp3) is 0.348. The van der Waals surface area contributed by atoms with Crippen molar-refractivity contribution in [2.45, 2.75) is 77.0 Å². The molecule has 3 N–H and O–H groups in total. The smallest absolute Gasteiger partial charge is 0.178 e. The molecule has 12 nitrogen and oxygen atoms in total. The lowest BCUT2D eigenvalue weighted by molar-refractivity contribution is 0.0547. The highest BCUT2D eigenvalue weighted by Gasteiger charge is 2.46. The van der Waals surface area contributed by atoms with E-state index in [9.17, 15) is 24.9 Å². The van der Waals surface area contributed by atoms with Gasteiger partial charge >= 0.3 is 0 Å². The van der Waals surface area contributed by atoms with Crippen molar-refractivity contribution in [3.63, 3.8) is 0 Å². The van der Waals surface area contributed by atoms with Gasteiger partial charge in [0.2, 0.25) is 0 Å². The minimum absolute atomic E-state index is 0.0133. The second kappa shape index (κ2) is 15.1. The van der Waals surface area contributed by atoms with Crippen molar-refractivity contribution in [3.8, 4) is 46.0 Å². The first-order valence-corrected chi connectivity index (χ1v) is 19.2. The fourth-order valence-corrected chi connectivity index (χ4v) is 8.20. The van der Waals surface area contributed by atoms with Crippen LogP contribution in [0.15, 0.2) is 66.3 Å². The maximum absolute atomic E-state index is 13.5. The third-order valence-electron chi connectivity index (χ3n) is 11.2. The number of aromatic hydroxyl groups is 1. The fourth-order valence-electron chi connectivity index (χ4n) is 8.20. The monoisotopic (exact) mass is 790 g/mol. The van der Waals surface area contributed by atoms with E-state index >= 15 is 0 Å². The average molecular weight is 791 g/mol. The zero-order valence-electron chi connectivity index (χ0n) is 33.2. The Morgan fingerprint density at radius 3 is 1.84 bits per heavy atom. The lowest BCUT2D eigenvalue weighted by Crippen LogP contribution is -2.43. The summed E-state index contributed by atoms with van der Waals surface area (Å²) >= 11 is 0. The first-order valence-electron chi connectivity index (χ1n) is 19.2. The van der Waals surface area contributed by atoms with E-state index in [1.54, 1.807) is 42.5 Å². The standard InChI is InChI=1S/C23H22O6.C23H24O6/c1-23(2)7-6-13-16(29-23)5-4-14-21(25)20-15-9-17(26-3)12(10-24)8-18(15)27-11-19(20)28-22(13)14;1-12(2)4-5-14-17(25)7-6-15-22(26)21-16-9-18(27-3)13(10-24)8-19(16)28-11-20(21)29-23(14)15/h4-9,19-20,24H,10-11H2,1-3H3;4,6-9,20-21,24-25H,5,10-11H2,1-3H3/t19-,20+;20-,21+/m11/s1. The highest BCUT2D eigenvalue weighted by Crippen LogP contribution is 2.50. The number of aliphatic hydroxyl groups excluding tert-OH is 2. The van der Waals surface area contributed by atoms with E-state index < -0.39 is 29.6 Å². The van der Waals surface area contributed by atoms with Crippen LogP contribution < -0.4 is 33.2 Å². The molecule has 9 rings (SSSR count). The third kappa shape index (κ3) is 6.69. The van der Waals surface area contributed by atoms with Gasteiger partial charge in [-0.15, -0.1) is 0 Å². The quantitative estimate of drug-likeness (QED) is 0.172. The van der Waals surface area contributed by atoms with Gasteiger partial charge < -0.3 is 48.5 Å². The van der Waals surface area contributed by atoms with E-state index in [1.165, 1.54) is 14.2 Å². The Morgan fingerprint density at radius 1 is 0.776 bits per heavy atom. The molecule has 4 aromatic carbocycles. The van der Waals surface area contributed by atoms with Crippen LogP contribution in [-0.4, -0.2) is 72.1 Å². The van der Waals surface area contributed by atoms with Crippen LogP contribution in [-0.2, 0) is 19.6 Å². The number of hydrogen-bond acceptors (Lipinski definition) is 12. The summed E-state index contributed by atoms with van der Waals surface area (Å²) in [5.41, 5.74) is 5.72. The first kappa shape index (κ1) is 38.9. The number of hydrogen-bond donors (Lipinski definition) is 3. The molecule has 0 saturated carbocycles. The van der Waals surface area contributed by atoms with E-state index in [-0.39, 0.29) is 43.7 Å². The number of phenolic OH excluding ortho intramolecular Hbond substituents is 1. The highest BCUT2D eigenvalue weighted by molar-refractivity contribution is 6.07. The van der Waals surface area contributed by atoms with Crippen LogP contribution in [0.3, 0.4) is 0 Å². The Balaban J connectivity index is 0.000000162. The summed E-state index contributed by atoms with van der Waals surface area (Å²) in [6, 6.07) is 13.7. The number of allylic oxidation sites excluding steroid dienone is 2. The summed E-state index contributed by atoms with van der Waals surface area (Å²) < 4.78 is 41.0. The van der Waals surface area contributed by atoms with E-state index in [2.05, 4.69) is 0 Å². The van der Waals surface area contributed by atoms with E-state index in [1.807, 2.05) is 52.0 Å². The largest absolute Gasteiger partial charge is 0.508 e. The number of ether oxygens (including phenoxy) is 7. The lowest BCUT2D eigenvalue weighted by Gasteiger charge is -2.38. The van der Waals surface area contributed by atoms with Gasteiger partial charge in [0.15, 0.2) is 11.6 Å². The van der Waals surface area contributed by atoms with Gasteiger partial charge in [-0.1, -0.05) is 11.6 Å². The van der Waals surface area contributed by atoms with Gasteiger partial charge in [-0.05, 0) is 94.8 Å². The van der Waals surface area contributed by atoms with Gasteiger partial charge in [0, 0.05) is 27.8 Å². The number of methoxy groups -OCH3 is 2. The molecule has 5 aliphatic heterocycles. The molecule has 5 aliphatic rings. The van der Waals surface area contributed by atoms with Crippen molar-refractivity contribution in [3.05, 3.63) is 111 Å². The average Bonchev–Trinajstić information content (AvgIpc) is 3.21. The molecular formula is C46H46O12. The zero-order valence-corrected chi connectivity index (χ0v) is 33.2. The van der Waals surface area contributed by atoms with E-state index in [0.29, 0.717) is 80.0 Å². The number of Topliss-reactive ketones (excluding diaryl/α,β-unsaturated/α-hetero) is 2. The van der Waals surface area contributed by atoms with Crippen molar-refractivity contribution in [2.24, 2.45) is 0 Å². The van der Waals surface area contributed by atoms with Gasteiger partial charge in [-0.2, -0.15) is 0 Å². The Hall–Kier alpha value is -5.98. The summed E-state index contributed by atoms with van der Waals surface area (Å²) in [5.74, 6) is 2.85. The maximum Gasteiger partial charge on any atom is 0.178 e. The molecule has 0 fully saturated rings. The minimum Gasteiger partial charge on any atom is -0.508 e. The Kier molecular flexibility index (Phi) is 10.1. The van der Waals surface area contributed by atoms with Crippen molar-refractivity contribution >= 4 is 17.6 Å². The molecule has 0 unspecified atom stereocenters. The topological polar surface area (TPSA) is 159 Å². The number of rotatable bonds is 6. The summed E-state index contributed by atoms with van der Waals surface area (Å²) in [6.07, 6.45) is 5.45. The van der Waals surface area contributed by atoms with Crippen LogP contribution in [0.4, 0.5) is 0 Å². The van der Waals surface area contributed by atoms with Crippen LogP contribution in [0.25, 0.3) is 6.08 Å². The van der Waals surface area contributed by atoms with Crippen LogP contribution in [0.1, 0.15) is 93.6 Å². The van der Waals surface area contributed by atoms with E-state index in [4.69, 9.17) is 33.2 Å². The highest BCUT2D eigenvalue weighted by atomic mass is 16.5. The normalized spacial score (nSPS) is 21.0. The minimum atomic E-state index is -0.534. The molecule has 58 heavy (non-hydrogen) atoms. The summed E-state index contributed by atoms with van der Waals surface area (Å²) in [4.78, 5) is 26.9. The molecule has 302 valence electrons. The zero-order chi connectivity index (χ0) is 41.0. The lowest BCUT2D eigenvalue weighted by atomic mass is 9.80. The van der Waals surface area contributed by atoms with E-state index in [0.717, 1.165) is 16.7 Å². The molecule has 0 amide bonds. The van der Waals surface area contributed by atoms with Crippen LogP contribution in [0.5, 0.6) is 46.0 Å². The Labute approximate surface area is 336 Å². The van der Waals surface area contributed by atoms with Gasteiger partial charge in [0.05, 0.1) is 56.0 Å². The van der Waals surface area contributed by atoms with Crippen molar-refractivity contribution in [1.29, 1.82) is 0 Å².